The highest BCUT2D eigenvalue weighted by atomic mass is 19.1. The molecule has 0 aliphatic carbocycles. The van der Waals surface area contributed by atoms with Crippen molar-refractivity contribution in [1.29, 1.82) is 0 Å². The van der Waals surface area contributed by atoms with Gasteiger partial charge in [0.15, 0.2) is 5.90 Å². The normalized spacial score (nSPS) is 24.4. The second kappa shape index (κ2) is 4.20. The molecule has 2 atom stereocenters. The molecule has 0 saturated carbocycles. The van der Waals surface area contributed by atoms with Crippen LogP contribution in [0.15, 0.2) is 23.2 Å². The van der Waals surface area contributed by atoms with E-state index < -0.39 is 11.6 Å². The van der Waals surface area contributed by atoms with Crippen LogP contribution >= 0.6 is 0 Å². The quantitative estimate of drug-likeness (QED) is 0.719. The molecule has 1 aliphatic heterocycles. The summed E-state index contributed by atoms with van der Waals surface area (Å²) in [5.74, 6) is -0.288. The van der Waals surface area contributed by atoms with Crippen LogP contribution in [0.1, 0.15) is 24.9 Å². The van der Waals surface area contributed by atoms with Gasteiger partial charge in [-0.25, -0.2) is 13.8 Å². The van der Waals surface area contributed by atoms with Crippen molar-refractivity contribution in [2.45, 2.75) is 19.4 Å². The summed E-state index contributed by atoms with van der Waals surface area (Å²) in [7, 11) is 1.56. The zero-order chi connectivity index (χ0) is 11.7. The van der Waals surface area contributed by atoms with E-state index in [1.807, 2.05) is 6.92 Å². The van der Waals surface area contributed by atoms with Gasteiger partial charge in [0.25, 0.3) is 0 Å². The van der Waals surface area contributed by atoms with Crippen LogP contribution in [0.25, 0.3) is 0 Å². The van der Waals surface area contributed by atoms with E-state index >= 15 is 0 Å². The number of methoxy groups -OCH3 is 1. The summed E-state index contributed by atoms with van der Waals surface area (Å²) in [6.45, 7) is 1.98. The second-order valence-corrected chi connectivity index (χ2v) is 4.03. The molecule has 4 heteroatoms. The van der Waals surface area contributed by atoms with E-state index in [0.717, 1.165) is 12.5 Å². The SMILES string of the molecule is COC1=NC(c2cc(F)cc(F)c2)CC1C. The predicted molar refractivity (Wildman–Crippen MR) is 57.3 cm³/mol. The lowest BCUT2D eigenvalue weighted by Crippen LogP contribution is -2.06. The minimum absolute atomic E-state index is 0.196. The van der Waals surface area contributed by atoms with Gasteiger partial charge >= 0.3 is 0 Å². The fraction of sp³-hybridized carbons (Fsp3) is 0.417. The van der Waals surface area contributed by atoms with E-state index in [4.69, 9.17) is 4.74 Å². The Hall–Kier alpha value is -1.45. The molecule has 1 heterocycles. The topological polar surface area (TPSA) is 21.6 Å². The Kier molecular flexibility index (Phi) is 2.90. The lowest BCUT2D eigenvalue weighted by Gasteiger charge is -2.07. The number of benzene rings is 1. The number of aliphatic imine (C=N–C) groups is 1. The number of ether oxygens (including phenoxy) is 1. The monoisotopic (exact) mass is 225 g/mol. The molecule has 1 aliphatic rings. The van der Waals surface area contributed by atoms with Crippen molar-refractivity contribution in [3.63, 3.8) is 0 Å². The predicted octanol–water partition coefficient (Wildman–Crippen LogP) is 3.09. The number of nitrogens with zero attached hydrogens (tertiary/aromatic N) is 1. The number of rotatable bonds is 1. The highest BCUT2D eigenvalue weighted by Crippen LogP contribution is 2.33. The van der Waals surface area contributed by atoms with Crippen LogP contribution in [-0.4, -0.2) is 13.0 Å². The maximum Gasteiger partial charge on any atom is 0.186 e. The van der Waals surface area contributed by atoms with E-state index in [0.29, 0.717) is 11.5 Å². The first-order valence-electron chi connectivity index (χ1n) is 5.18. The van der Waals surface area contributed by atoms with Crippen LogP contribution in [0.2, 0.25) is 0 Å². The molecule has 1 aromatic rings. The Morgan fingerprint density at radius 2 is 1.88 bits per heavy atom. The minimum atomic E-state index is -0.566. The first kappa shape index (κ1) is 11.0. The van der Waals surface area contributed by atoms with Crippen molar-refractivity contribution in [3.8, 4) is 0 Å². The van der Waals surface area contributed by atoms with E-state index in [1.165, 1.54) is 12.1 Å². The van der Waals surface area contributed by atoms with E-state index in [1.54, 1.807) is 7.11 Å². The van der Waals surface area contributed by atoms with Crippen molar-refractivity contribution >= 4 is 5.90 Å². The Morgan fingerprint density at radius 3 is 2.38 bits per heavy atom. The first-order chi connectivity index (χ1) is 7.60. The van der Waals surface area contributed by atoms with Crippen molar-refractivity contribution in [2.24, 2.45) is 10.9 Å². The first-order valence-corrected chi connectivity index (χ1v) is 5.18. The number of hydrogen-bond acceptors (Lipinski definition) is 2. The maximum absolute atomic E-state index is 13.0. The third-order valence-corrected chi connectivity index (χ3v) is 2.76. The average molecular weight is 225 g/mol. The molecule has 86 valence electrons. The second-order valence-electron chi connectivity index (χ2n) is 4.03. The third-order valence-electron chi connectivity index (χ3n) is 2.76. The molecule has 0 fully saturated rings. The largest absolute Gasteiger partial charge is 0.484 e. The lowest BCUT2D eigenvalue weighted by atomic mass is 10.00. The summed E-state index contributed by atoms with van der Waals surface area (Å²) < 4.78 is 31.2. The maximum atomic E-state index is 13.0. The zero-order valence-electron chi connectivity index (χ0n) is 9.21. The molecule has 0 bridgehead atoms. The third kappa shape index (κ3) is 2.05. The Bertz CT molecular complexity index is 411. The molecule has 0 spiro atoms. The highest BCUT2D eigenvalue weighted by Gasteiger charge is 2.27. The molecule has 0 aromatic heterocycles. The smallest absolute Gasteiger partial charge is 0.186 e. The van der Waals surface area contributed by atoms with Crippen molar-refractivity contribution in [1.82, 2.24) is 0 Å². The van der Waals surface area contributed by atoms with Gasteiger partial charge in [0.1, 0.15) is 11.6 Å². The van der Waals surface area contributed by atoms with Gasteiger partial charge in [-0.2, -0.15) is 0 Å². The van der Waals surface area contributed by atoms with E-state index in [-0.39, 0.29) is 12.0 Å². The van der Waals surface area contributed by atoms with Crippen LogP contribution in [0.5, 0.6) is 0 Å². The summed E-state index contributed by atoms with van der Waals surface area (Å²) in [6, 6.07) is 3.31. The van der Waals surface area contributed by atoms with Crippen molar-refractivity contribution < 1.29 is 13.5 Å². The van der Waals surface area contributed by atoms with Gasteiger partial charge in [-0.05, 0) is 24.1 Å². The Morgan fingerprint density at radius 1 is 1.25 bits per heavy atom. The van der Waals surface area contributed by atoms with Crippen LogP contribution < -0.4 is 0 Å². The standard InChI is InChI=1S/C12H13F2NO/c1-7-3-11(15-12(7)16-2)8-4-9(13)6-10(14)5-8/h4-7,11H,3H2,1-2H3. The van der Waals surface area contributed by atoms with Gasteiger partial charge in [0.2, 0.25) is 0 Å². The van der Waals surface area contributed by atoms with Crippen LogP contribution in [0, 0.1) is 17.6 Å². The Labute approximate surface area is 93.0 Å². The molecule has 1 aromatic carbocycles. The summed E-state index contributed by atoms with van der Waals surface area (Å²) >= 11 is 0. The highest BCUT2D eigenvalue weighted by molar-refractivity contribution is 5.80. The van der Waals surface area contributed by atoms with E-state index in [2.05, 4.69) is 4.99 Å². The molecule has 0 amide bonds. The van der Waals surface area contributed by atoms with Crippen molar-refractivity contribution in [2.75, 3.05) is 7.11 Å². The minimum Gasteiger partial charge on any atom is -0.484 e. The average Bonchev–Trinajstić information content (AvgIpc) is 2.58. The number of hydrogen-bond donors (Lipinski definition) is 0. The van der Waals surface area contributed by atoms with Gasteiger partial charge in [-0.15, -0.1) is 0 Å². The summed E-state index contributed by atoms with van der Waals surface area (Å²) in [4.78, 5) is 4.30. The molecule has 2 rings (SSSR count). The molecule has 2 nitrogen and oxygen atoms in total. The molecule has 16 heavy (non-hydrogen) atoms. The van der Waals surface area contributed by atoms with Gasteiger partial charge in [0.05, 0.1) is 13.2 Å². The molecule has 0 radical (unpaired) electrons. The summed E-state index contributed by atoms with van der Waals surface area (Å²) in [6.07, 6.45) is 0.728. The fourth-order valence-corrected chi connectivity index (χ4v) is 2.00. The number of halogens is 2. The molecular formula is C12H13F2NO. The van der Waals surface area contributed by atoms with Gasteiger partial charge in [-0.1, -0.05) is 6.92 Å². The van der Waals surface area contributed by atoms with Crippen LogP contribution in [-0.2, 0) is 4.74 Å². The van der Waals surface area contributed by atoms with Crippen molar-refractivity contribution in [3.05, 3.63) is 35.4 Å². The lowest BCUT2D eigenvalue weighted by molar-refractivity contribution is 0.377. The molecular weight excluding hydrogens is 212 g/mol. The summed E-state index contributed by atoms with van der Waals surface area (Å²) in [5, 5.41) is 0. The zero-order valence-corrected chi connectivity index (χ0v) is 9.21. The fourth-order valence-electron chi connectivity index (χ4n) is 2.00. The van der Waals surface area contributed by atoms with Gasteiger partial charge in [-0.3, -0.25) is 0 Å². The van der Waals surface area contributed by atoms with Gasteiger partial charge < -0.3 is 4.74 Å². The van der Waals surface area contributed by atoms with Gasteiger partial charge in [0, 0.05) is 12.0 Å². The van der Waals surface area contributed by atoms with Crippen LogP contribution in [0.4, 0.5) is 8.78 Å². The summed E-state index contributed by atoms with van der Waals surface area (Å²) in [5.41, 5.74) is 0.566. The van der Waals surface area contributed by atoms with Crippen LogP contribution in [0.3, 0.4) is 0 Å². The Balaban J connectivity index is 2.29. The molecule has 0 saturated heterocycles. The molecule has 2 unspecified atom stereocenters. The van der Waals surface area contributed by atoms with E-state index in [9.17, 15) is 8.78 Å². The molecule has 0 N–H and O–H groups in total.